The van der Waals surface area contributed by atoms with Gasteiger partial charge in [0.15, 0.2) is 18.6 Å². The van der Waals surface area contributed by atoms with Gasteiger partial charge in [-0.2, -0.15) is 0 Å². The van der Waals surface area contributed by atoms with Gasteiger partial charge in [-0.1, -0.05) is 127 Å². The van der Waals surface area contributed by atoms with E-state index in [9.17, 15) is 0 Å². The summed E-state index contributed by atoms with van der Waals surface area (Å²) in [5, 5.41) is 34.9. The molecule has 6 heterocycles. The highest BCUT2D eigenvalue weighted by Gasteiger charge is 2.13. The normalized spacial score (nSPS) is 11.5. The van der Waals surface area contributed by atoms with Crippen molar-refractivity contribution in [3.63, 3.8) is 0 Å². The number of nitrogens with two attached hydrogens (primary N) is 1. The lowest BCUT2D eigenvalue weighted by molar-refractivity contribution is -0.645. The number of rotatable bonds is 15. The van der Waals surface area contributed by atoms with Crippen LogP contribution in [0.2, 0.25) is 0 Å². The summed E-state index contributed by atoms with van der Waals surface area (Å²) in [7, 11) is 3.60. The largest absolute Gasteiger partial charge is 1.00 e. The fraction of sp³-hybridized carbons (Fsp3) is 0.174. The maximum atomic E-state index is 9.15. The summed E-state index contributed by atoms with van der Waals surface area (Å²) in [6.45, 7) is 3.12. The van der Waals surface area contributed by atoms with E-state index >= 15 is 0 Å². The number of hydrogen-bond donors (Lipinski definition) is 4. The minimum absolute atomic E-state index is 0. The van der Waals surface area contributed by atoms with Crippen LogP contribution in [0.15, 0.2) is 201 Å². The van der Waals surface area contributed by atoms with Crippen LogP contribution < -0.4 is 53.0 Å². The van der Waals surface area contributed by atoms with Crippen LogP contribution in [0.25, 0.3) is 102 Å². The molecule has 0 spiro atoms. The second-order valence-electron chi connectivity index (χ2n) is 20.1. The molecule has 0 fully saturated rings. The first-order valence-electron chi connectivity index (χ1n) is 27.7. The lowest BCUT2D eigenvalue weighted by Crippen LogP contribution is -3.00. The van der Waals surface area contributed by atoms with Crippen LogP contribution in [0.5, 0.6) is 0 Å². The maximum Gasteiger partial charge on any atom is 0.212 e. The number of benzene rings is 6. The number of aliphatic hydroxyl groups is 3. The Morgan fingerprint density at radius 2 is 0.602 bits per heavy atom. The van der Waals surface area contributed by atoms with Crippen LogP contribution in [0, 0.1) is 0 Å². The summed E-state index contributed by atoms with van der Waals surface area (Å²) < 4.78 is 13.1. The summed E-state index contributed by atoms with van der Waals surface area (Å²) in [5.41, 5.74) is 18.6. The van der Waals surface area contributed by atoms with E-state index < -0.39 is 8.53 Å². The van der Waals surface area contributed by atoms with Gasteiger partial charge in [0.05, 0.1) is 16.2 Å². The highest BCUT2D eigenvalue weighted by atomic mass is 127. The molecular formula is C69H71IN7O5P. The first-order chi connectivity index (χ1) is 40.1. The minimum Gasteiger partial charge on any atom is -1.00 e. The standard InChI is InChI=1S/3C23H23N2O.HI.H2NO2P/c3*1-24-15-13-18(20-7-2-4-9-22(20)24)11-12-19-17-25(14-6-16-26)23-10-5-3-8-21(19)23;;1-4(2)3/h3*2-5,7-13,15,17,26H,6,14,16H2,1H3;1H;1H2/q3*+1;;-2/p-1. The van der Waals surface area contributed by atoms with Crippen LogP contribution >= 0.6 is 8.53 Å². The molecule has 0 aliphatic heterocycles. The number of aryl methyl sites for hydroxylation is 6. The molecule has 424 valence electrons. The first kappa shape index (κ1) is 61.4. The van der Waals surface area contributed by atoms with Crippen molar-refractivity contribution >= 4 is 110 Å². The van der Waals surface area contributed by atoms with E-state index in [-0.39, 0.29) is 43.8 Å². The monoisotopic (exact) mass is 1240 g/mol. The zero-order chi connectivity index (χ0) is 57.4. The Bertz CT molecular complexity index is 3780. The molecule has 6 aromatic carbocycles. The van der Waals surface area contributed by atoms with Crippen molar-refractivity contribution < 1.29 is 62.8 Å². The second-order valence-corrected chi connectivity index (χ2v) is 20.7. The lowest BCUT2D eigenvalue weighted by Gasteiger charge is -2.22. The number of halogens is 1. The average Bonchev–Trinajstić information content (AvgIpc) is 4.43. The van der Waals surface area contributed by atoms with Gasteiger partial charge in [-0.3, -0.25) is 0 Å². The molecule has 6 aromatic heterocycles. The van der Waals surface area contributed by atoms with Gasteiger partial charge in [-0.15, -0.1) is 0 Å². The Balaban J connectivity index is 0.000000156. The maximum absolute atomic E-state index is 9.15. The van der Waals surface area contributed by atoms with E-state index in [0.717, 1.165) is 38.9 Å². The smallest absolute Gasteiger partial charge is 0.212 e. The Hall–Kier alpha value is -7.69. The molecule has 0 saturated heterocycles. The Morgan fingerprint density at radius 3 is 0.867 bits per heavy atom. The number of nitrogens with zero attached hydrogens (tertiary/aromatic N) is 6. The van der Waals surface area contributed by atoms with Crippen LogP contribution in [0.3, 0.4) is 0 Å². The van der Waals surface area contributed by atoms with E-state index in [1.807, 2.05) is 0 Å². The SMILES string of the molecule is C[n+]1ccc(C=Cc2cn(CCCO)c3ccccc23)c2ccccc21.C[n+]1ccc(C=Cc2cn(CCCO)c3ccccc23)c2ccccc21.C[n+]1ccc(C=Cc2cn(CCCO)c3ccccc23)c2ccccc21.NP([O-])[O-].[I-]. The molecule has 0 radical (unpaired) electrons. The van der Waals surface area contributed by atoms with Gasteiger partial charge in [-0.05, 0) is 89.0 Å². The second kappa shape index (κ2) is 30.0. The Labute approximate surface area is 503 Å². The number of pyridine rings is 3. The van der Waals surface area contributed by atoms with Gasteiger partial charge >= 0.3 is 0 Å². The molecule has 0 aliphatic carbocycles. The first-order valence-corrected chi connectivity index (χ1v) is 28.9. The lowest BCUT2D eigenvalue weighted by atomic mass is 10.1. The summed E-state index contributed by atoms with van der Waals surface area (Å²) in [6, 6.07) is 57.2. The Kier molecular flexibility index (Phi) is 22.2. The van der Waals surface area contributed by atoms with Crippen molar-refractivity contribution in [3.8, 4) is 0 Å². The molecule has 0 atom stereocenters. The predicted molar refractivity (Wildman–Crippen MR) is 334 cm³/mol. The Morgan fingerprint density at radius 1 is 0.373 bits per heavy atom. The van der Waals surface area contributed by atoms with Crippen molar-refractivity contribution in [2.24, 2.45) is 26.6 Å². The van der Waals surface area contributed by atoms with Gasteiger partial charge < -0.3 is 68.3 Å². The van der Waals surface area contributed by atoms with Crippen molar-refractivity contribution in [1.82, 2.24) is 13.7 Å². The number of aromatic nitrogens is 6. The fourth-order valence-electron chi connectivity index (χ4n) is 10.6. The molecule has 12 rings (SSSR count). The van der Waals surface area contributed by atoms with Crippen molar-refractivity contribution in [2.45, 2.75) is 38.9 Å². The van der Waals surface area contributed by atoms with E-state index in [1.54, 1.807) is 0 Å². The molecule has 5 N–H and O–H groups in total. The molecule has 0 aliphatic rings. The molecule has 83 heavy (non-hydrogen) atoms. The van der Waals surface area contributed by atoms with Crippen LogP contribution in [0.1, 0.15) is 52.6 Å². The van der Waals surface area contributed by atoms with Crippen molar-refractivity contribution in [2.75, 3.05) is 19.8 Å². The third-order valence-corrected chi connectivity index (χ3v) is 14.7. The van der Waals surface area contributed by atoms with E-state index in [0.29, 0.717) is 0 Å². The van der Waals surface area contributed by atoms with Gasteiger partial charge in [-0.25, -0.2) is 22.2 Å². The molecule has 0 saturated carbocycles. The fourth-order valence-corrected chi connectivity index (χ4v) is 10.6. The quantitative estimate of drug-likeness (QED) is 0.0476. The highest BCUT2D eigenvalue weighted by molar-refractivity contribution is 7.39. The molecular weight excluding hydrogens is 1160 g/mol. The summed E-state index contributed by atoms with van der Waals surface area (Å²) in [5.74, 6) is 0. The van der Waals surface area contributed by atoms with Crippen molar-refractivity contribution in [1.29, 1.82) is 0 Å². The topological polar surface area (TPSA) is 159 Å². The summed E-state index contributed by atoms with van der Waals surface area (Å²) in [6.07, 6.45) is 28.3. The van der Waals surface area contributed by atoms with Crippen molar-refractivity contribution in [3.05, 3.63) is 234 Å². The third kappa shape index (κ3) is 15.1. The van der Waals surface area contributed by atoms with Gasteiger partial charge in [0, 0.05) is 127 Å². The molecule has 0 bridgehead atoms. The average molecular weight is 1240 g/mol. The van der Waals surface area contributed by atoms with E-state index in [2.05, 4.69) is 291 Å². The highest BCUT2D eigenvalue weighted by Crippen LogP contribution is 2.28. The molecule has 0 unspecified atom stereocenters. The zero-order valence-electron chi connectivity index (χ0n) is 47.1. The summed E-state index contributed by atoms with van der Waals surface area (Å²) >= 11 is 0. The van der Waals surface area contributed by atoms with Gasteiger partial charge in [0.25, 0.3) is 0 Å². The molecule has 12 aromatic rings. The molecule has 0 amide bonds. The number of fused-ring (bicyclic) bond motifs is 6. The van der Waals surface area contributed by atoms with Crippen LogP contribution in [-0.4, -0.2) is 48.8 Å². The van der Waals surface area contributed by atoms with Gasteiger partial charge in [0.1, 0.15) is 21.1 Å². The molecule has 14 heteroatoms. The van der Waals surface area contributed by atoms with E-state index in [1.165, 1.54) is 98.8 Å². The number of aliphatic hydroxyl groups excluding tert-OH is 3. The third-order valence-electron chi connectivity index (χ3n) is 14.7. The zero-order valence-corrected chi connectivity index (χ0v) is 50.2. The number of hydrogen-bond acceptors (Lipinski definition) is 6. The van der Waals surface area contributed by atoms with Crippen LogP contribution in [-0.2, 0) is 40.8 Å². The van der Waals surface area contributed by atoms with Gasteiger partial charge in [0.2, 0.25) is 16.6 Å². The summed E-state index contributed by atoms with van der Waals surface area (Å²) in [4.78, 5) is 17.6. The van der Waals surface area contributed by atoms with E-state index in [4.69, 9.17) is 25.1 Å². The minimum atomic E-state index is -2.62. The predicted octanol–water partition coefficient (Wildman–Crippen LogP) is 7.41. The van der Waals surface area contributed by atoms with Crippen LogP contribution in [0.4, 0.5) is 0 Å². The molecule has 12 nitrogen and oxygen atoms in total. The number of para-hydroxylation sites is 6.